The highest BCUT2D eigenvalue weighted by molar-refractivity contribution is 5.92. The van der Waals surface area contributed by atoms with Crippen LogP contribution in [0.1, 0.15) is 37.0 Å². The molecule has 0 saturated carbocycles. The minimum absolute atomic E-state index is 0.283. The van der Waals surface area contributed by atoms with Crippen molar-refractivity contribution in [1.29, 1.82) is 0 Å². The molecule has 2 rings (SSSR count). The van der Waals surface area contributed by atoms with Crippen molar-refractivity contribution in [3.8, 4) is 0 Å². The Morgan fingerprint density at radius 3 is 2.74 bits per heavy atom. The van der Waals surface area contributed by atoms with Gasteiger partial charge in [-0.25, -0.2) is 4.79 Å². The van der Waals surface area contributed by atoms with Gasteiger partial charge >= 0.3 is 5.97 Å². The zero-order chi connectivity index (χ0) is 13.8. The lowest BCUT2D eigenvalue weighted by Crippen LogP contribution is -2.33. The first-order valence-corrected chi connectivity index (χ1v) is 6.93. The van der Waals surface area contributed by atoms with Crippen LogP contribution in [0, 0.1) is 5.92 Å². The second kappa shape index (κ2) is 5.95. The molecule has 0 aromatic heterocycles. The van der Waals surface area contributed by atoms with Crippen LogP contribution in [0.2, 0.25) is 0 Å². The number of carbonyl (C=O) groups excluding carboxylic acids is 1. The molecule has 0 radical (unpaired) electrons. The normalized spacial score (nSPS) is 16.4. The van der Waals surface area contributed by atoms with Gasteiger partial charge in [-0.2, -0.15) is 0 Å². The number of hydrogen-bond donors (Lipinski definition) is 1. The second-order valence-corrected chi connectivity index (χ2v) is 5.16. The van der Waals surface area contributed by atoms with E-state index >= 15 is 0 Å². The van der Waals surface area contributed by atoms with Crippen LogP contribution < -0.4 is 10.6 Å². The summed E-state index contributed by atoms with van der Waals surface area (Å²) in [4.78, 5) is 14.0. The zero-order valence-electron chi connectivity index (χ0n) is 11.7. The van der Waals surface area contributed by atoms with Crippen molar-refractivity contribution < 1.29 is 9.53 Å². The van der Waals surface area contributed by atoms with E-state index in [1.165, 1.54) is 12.8 Å². The summed E-state index contributed by atoms with van der Waals surface area (Å²) in [6.07, 6.45) is 2.34. The van der Waals surface area contributed by atoms with E-state index in [1.807, 2.05) is 13.0 Å². The van der Waals surface area contributed by atoms with Gasteiger partial charge in [0, 0.05) is 13.1 Å². The van der Waals surface area contributed by atoms with Gasteiger partial charge in [0.2, 0.25) is 0 Å². The average molecular weight is 262 g/mol. The SMILES string of the molecule is CCOC(=O)c1ccc(N)c(N2CCC(C)CC2)c1. The first-order chi connectivity index (χ1) is 9.11. The molecule has 2 N–H and O–H groups in total. The van der Waals surface area contributed by atoms with E-state index in [1.54, 1.807) is 12.1 Å². The molecule has 1 aromatic carbocycles. The minimum atomic E-state index is -0.283. The van der Waals surface area contributed by atoms with E-state index in [4.69, 9.17) is 10.5 Å². The highest BCUT2D eigenvalue weighted by Crippen LogP contribution is 2.29. The summed E-state index contributed by atoms with van der Waals surface area (Å²) in [6.45, 7) is 6.47. The maximum absolute atomic E-state index is 11.8. The number of ether oxygens (including phenoxy) is 1. The van der Waals surface area contributed by atoms with Crippen molar-refractivity contribution >= 4 is 17.3 Å². The highest BCUT2D eigenvalue weighted by Gasteiger charge is 2.19. The Labute approximate surface area is 114 Å². The standard InChI is InChI=1S/C15H22N2O2/c1-3-19-15(18)12-4-5-13(16)14(10-12)17-8-6-11(2)7-9-17/h4-5,10-11H,3,6-9,16H2,1-2H3. The molecule has 1 fully saturated rings. The maximum atomic E-state index is 11.8. The number of anilines is 2. The number of rotatable bonds is 3. The number of esters is 1. The van der Waals surface area contributed by atoms with Gasteiger partial charge in [-0.1, -0.05) is 6.92 Å². The zero-order valence-corrected chi connectivity index (χ0v) is 11.7. The molecule has 0 spiro atoms. The van der Waals surface area contributed by atoms with Crippen molar-refractivity contribution in [1.82, 2.24) is 0 Å². The molecule has 0 amide bonds. The van der Waals surface area contributed by atoms with Gasteiger partial charge in [-0.05, 0) is 43.9 Å². The third-order valence-corrected chi connectivity index (χ3v) is 3.67. The average Bonchev–Trinajstić information content (AvgIpc) is 2.41. The summed E-state index contributed by atoms with van der Waals surface area (Å²) in [6, 6.07) is 5.37. The van der Waals surface area contributed by atoms with Gasteiger partial charge < -0.3 is 15.4 Å². The van der Waals surface area contributed by atoms with Crippen molar-refractivity contribution in [3.05, 3.63) is 23.8 Å². The Hall–Kier alpha value is -1.71. The number of nitrogen functional groups attached to an aromatic ring is 1. The molecule has 0 aliphatic carbocycles. The van der Waals surface area contributed by atoms with Gasteiger partial charge in [0.05, 0.1) is 23.5 Å². The molecule has 0 unspecified atom stereocenters. The number of nitrogens with zero attached hydrogens (tertiary/aromatic N) is 1. The smallest absolute Gasteiger partial charge is 0.338 e. The van der Waals surface area contributed by atoms with Crippen molar-refractivity contribution in [2.45, 2.75) is 26.7 Å². The molecule has 0 bridgehead atoms. The summed E-state index contributed by atoms with van der Waals surface area (Å²) in [5.74, 6) is 0.486. The number of carbonyl (C=O) groups is 1. The van der Waals surface area contributed by atoms with Crippen LogP contribution in [-0.4, -0.2) is 25.7 Å². The lowest BCUT2D eigenvalue weighted by atomic mass is 9.98. The maximum Gasteiger partial charge on any atom is 0.338 e. The molecule has 1 heterocycles. The Bertz CT molecular complexity index is 451. The molecule has 19 heavy (non-hydrogen) atoms. The van der Waals surface area contributed by atoms with Gasteiger partial charge in [-0.15, -0.1) is 0 Å². The van der Waals surface area contributed by atoms with Crippen LogP contribution >= 0.6 is 0 Å². The molecule has 104 valence electrons. The van der Waals surface area contributed by atoms with Gasteiger partial charge in [0.1, 0.15) is 0 Å². The molecule has 1 aliphatic rings. The first kappa shape index (κ1) is 13.7. The molecule has 4 nitrogen and oxygen atoms in total. The molecule has 1 saturated heterocycles. The third kappa shape index (κ3) is 3.19. The number of nitrogens with two attached hydrogens (primary N) is 1. The van der Waals surface area contributed by atoms with Crippen LogP contribution in [0.15, 0.2) is 18.2 Å². The minimum Gasteiger partial charge on any atom is -0.462 e. The van der Waals surface area contributed by atoms with Crippen LogP contribution in [-0.2, 0) is 4.74 Å². The highest BCUT2D eigenvalue weighted by atomic mass is 16.5. The van der Waals surface area contributed by atoms with E-state index in [9.17, 15) is 4.79 Å². The van der Waals surface area contributed by atoms with E-state index in [0.29, 0.717) is 12.2 Å². The lowest BCUT2D eigenvalue weighted by molar-refractivity contribution is 0.0526. The fourth-order valence-corrected chi connectivity index (χ4v) is 2.41. The summed E-state index contributed by atoms with van der Waals surface area (Å²) in [5.41, 5.74) is 8.29. The Morgan fingerprint density at radius 2 is 2.11 bits per heavy atom. The van der Waals surface area contributed by atoms with Crippen molar-refractivity contribution in [3.63, 3.8) is 0 Å². The lowest BCUT2D eigenvalue weighted by Gasteiger charge is -2.33. The summed E-state index contributed by atoms with van der Waals surface area (Å²) in [7, 11) is 0. The van der Waals surface area contributed by atoms with Crippen molar-refractivity contribution in [2.75, 3.05) is 30.3 Å². The molecular formula is C15H22N2O2. The quantitative estimate of drug-likeness (QED) is 0.672. The summed E-state index contributed by atoms with van der Waals surface area (Å²) >= 11 is 0. The van der Waals surface area contributed by atoms with Gasteiger partial charge in [0.25, 0.3) is 0 Å². The summed E-state index contributed by atoms with van der Waals surface area (Å²) in [5, 5.41) is 0. The summed E-state index contributed by atoms with van der Waals surface area (Å²) < 4.78 is 5.03. The number of piperidine rings is 1. The predicted molar refractivity (Wildman–Crippen MR) is 77.4 cm³/mol. The predicted octanol–water partition coefficient (Wildman–Crippen LogP) is 2.68. The van der Waals surface area contributed by atoms with Crippen LogP contribution in [0.25, 0.3) is 0 Å². The van der Waals surface area contributed by atoms with Crippen molar-refractivity contribution in [2.24, 2.45) is 5.92 Å². The number of benzene rings is 1. The van der Waals surface area contributed by atoms with Crippen LogP contribution in [0.4, 0.5) is 11.4 Å². The largest absolute Gasteiger partial charge is 0.462 e. The first-order valence-electron chi connectivity index (χ1n) is 6.93. The van der Waals surface area contributed by atoms with E-state index in [-0.39, 0.29) is 5.97 Å². The molecule has 1 aromatic rings. The topological polar surface area (TPSA) is 55.6 Å². The monoisotopic (exact) mass is 262 g/mol. The molecular weight excluding hydrogens is 240 g/mol. The molecule has 0 atom stereocenters. The van der Waals surface area contributed by atoms with E-state index in [2.05, 4.69) is 11.8 Å². The third-order valence-electron chi connectivity index (χ3n) is 3.67. The fourth-order valence-electron chi connectivity index (χ4n) is 2.41. The Balaban J connectivity index is 2.19. The Kier molecular flexibility index (Phi) is 4.30. The number of hydrogen-bond acceptors (Lipinski definition) is 4. The van der Waals surface area contributed by atoms with E-state index in [0.717, 1.165) is 30.4 Å². The Morgan fingerprint density at radius 1 is 1.42 bits per heavy atom. The fraction of sp³-hybridized carbons (Fsp3) is 0.533. The van der Waals surface area contributed by atoms with Gasteiger partial charge in [-0.3, -0.25) is 0 Å². The van der Waals surface area contributed by atoms with Crippen LogP contribution in [0.3, 0.4) is 0 Å². The molecule has 1 aliphatic heterocycles. The van der Waals surface area contributed by atoms with Crippen LogP contribution in [0.5, 0.6) is 0 Å². The molecule has 4 heteroatoms. The van der Waals surface area contributed by atoms with E-state index < -0.39 is 0 Å². The second-order valence-electron chi connectivity index (χ2n) is 5.16. The van der Waals surface area contributed by atoms with Gasteiger partial charge in [0.15, 0.2) is 0 Å².